The largest absolute Gasteiger partial charge is 0.320 e. The lowest BCUT2D eigenvalue weighted by atomic mass is 10.2. The van der Waals surface area contributed by atoms with Gasteiger partial charge in [0, 0.05) is 22.3 Å². The summed E-state index contributed by atoms with van der Waals surface area (Å²) in [7, 11) is -3.78. The van der Waals surface area contributed by atoms with E-state index in [9.17, 15) is 13.2 Å². The van der Waals surface area contributed by atoms with Gasteiger partial charge in [-0.3, -0.25) is 4.79 Å². The van der Waals surface area contributed by atoms with Crippen LogP contribution >= 0.6 is 34.5 Å². The van der Waals surface area contributed by atoms with Crippen molar-refractivity contribution in [1.82, 2.24) is 14.5 Å². The number of anilines is 1. The van der Waals surface area contributed by atoms with Gasteiger partial charge < -0.3 is 5.32 Å². The fourth-order valence-corrected chi connectivity index (χ4v) is 6.67. The Kier molecular flexibility index (Phi) is 6.32. The summed E-state index contributed by atoms with van der Waals surface area (Å²) in [5.41, 5.74) is 1.09. The number of nitrogens with zero attached hydrogens (tertiary/aromatic N) is 3. The molecule has 2 heterocycles. The fraction of sp³-hybridized carbons (Fsp3) is 0.250. The molecule has 1 fully saturated rings. The Labute approximate surface area is 194 Å². The maximum Gasteiger partial charge on any atom is 0.286 e. The van der Waals surface area contributed by atoms with Gasteiger partial charge in [-0.05, 0) is 61.7 Å². The van der Waals surface area contributed by atoms with E-state index < -0.39 is 22.0 Å². The number of hydrogen-bond acceptors (Lipinski definition) is 6. The van der Waals surface area contributed by atoms with Crippen molar-refractivity contribution in [3.05, 3.63) is 68.1 Å². The zero-order valence-corrected chi connectivity index (χ0v) is 19.5. The number of carbonyl (C=O) groups excluding carboxylic acids is 1. The van der Waals surface area contributed by atoms with Crippen LogP contribution in [0, 0.1) is 6.92 Å². The first-order valence-corrected chi connectivity index (χ1v) is 12.5. The van der Waals surface area contributed by atoms with Crippen molar-refractivity contribution in [2.75, 3.05) is 11.9 Å². The molecule has 0 aliphatic carbocycles. The van der Waals surface area contributed by atoms with Crippen molar-refractivity contribution >= 4 is 56.2 Å². The molecular formula is C20H18Cl2N4O3S2. The van der Waals surface area contributed by atoms with E-state index in [0.29, 0.717) is 45.7 Å². The molecule has 0 unspecified atom stereocenters. The number of halogens is 2. The van der Waals surface area contributed by atoms with E-state index in [1.807, 2.05) is 0 Å². The van der Waals surface area contributed by atoms with Crippen molar-refractivity contribution in [3.63, 3.8) is 0 Å². The first-order chi connectivity index (χ1) is 14.8. The van der Waals surface area contributed by atoms with Crippen molar-refractivity contribution in [2.45, 2.75) is 30.7 Å². The van der Waals surface area contributed by atoms with Crippen LogP contribution in [-0.2, 0) is 10.0 Å². The number of aromatic nitrogens is 2. The summed E-state index contributed by atoms with van der Waals surface area (Å²) in [6, 6.07) is 11.1. The Bertz CT molecular complexity index is 1230. The molecule has 31 heavy (non-hydrogen) atoms. The Balaban J connectivity index is 1.57. The average molecular weight is 497 g/mol. The van der Waals surface area contributed by atoms with Crippen LogP contribution in [0.1, 0.15) is 39.3 Å². The molecule has 0 saturated carbocycles. The molecule has 0 radical (unpaired) electrons. The molecule has 1 aliphatic rings. The quantitative estimate of drug-likeness (QED) is 0.540. The second-order valence-electron chi connectivity index (χ2n) is 7.04. The van der Waals surface area contributed by atoms with E-state index in [1.165, 1.54) is 4.31 Å². The lowest BCUT2D eigenvalue weighted by molar-refractivity contribution is 0.102. The molecule has 3 aromatic rings. The number of hydrogen-bond donors (Lipinski definition) is 1. The van der Waals surface area contributed by atoms with E-state index in [0.717, 1.165) is 11.3 Å². The summed E-state index contributed by atoms with van der Waals surface area (Å²) in [5.74, 6) is -0.413. The second kappa shape index (κ2) is 8.84. The molecule has 4 rings (SSSR count). The van der Waals surface area contributed by atoms with Gasteiger partial charge in [-0.2, -0.15) is 4.31 Å². The standard InChI is InChI=1S/C20H18Cl2N4O3S2/c1-12-15(22)4-2-6-17(12)31(28,29)26-11-3-5-16(26)19-24-25-20(30-19)18(27)23-14-9-7-13(21)8-10-14/h2,4,6-10,16H,3,5,11H2,1H3,(H,23,27)/t16-/m0/s1. The van der Waals surface area contributed by atoms with E-state index in [-0.39, 0.29) is 9.90 Å². The minimum atomic E-state index is -3.78. The molecule has 162 valence electrons. The van der Waals surface area contributed by atoms with Crippen LogP contribution in [0.2, 0.25) is 10.0 Å². The van der Waals surface area contributed by atoms with Crippen LogP contribution in [0.4, 0.5) is 5.69 Å². The van der Waals surface area contributed by atoms with Gasteiger partial charge >= 0.3 is 0 Å². The summed E-state index contributed by atoms with van der Waals surface area (Å²) >= 11 is 13.1. The maximum atomic E-state index is 13.3. The molecule has 1 N–H and O–H groups in total. The highest BCUT2D eigenvalue weighted by molar-refractivity contribution is 7.89. The zero-order valence-electron chi connectivity index (χ0n) is 16.4. The molecule has 11 heteroatoms. The number of rotatable bonds is 5. The van der Waals surface area contributed by atoms with Crippen molar-refractivity contribution in [1.29, 1.82) is 0 Å². The van der Waals surface area contributed by atoms with E-state index in [2.05, 4.69) is 15.5 Å². The van der Waals surface area contributed by atoms with Gasteiger partial charge in [0.1, 0.15) is 5.01 Å². The number of nitrogens with one attached hydrogen (secondary N) is 1. The van der Waals surface area contributed by atoms with Gasteiger partial charge in [0.05, 0.1) is 10.9 Å². The summed E-state index contributed by atoms with van der Waals surface area (Å²) in [5, 5.41) is 12.5. The van der Waals surface area contributed by atoms with Gasteiger partial charge in [-0.25, -0.2) is 8.42 Å². The summed E-state index contributed by atoms with van der Waals surface area (Å²) < 4.78 is 28.1. The van der Waals surface area contributed by atoms with Crippen molar-refractivity contribution in [2.24, 2.45) is 0 Å². The molecule has 1 aliphatic heterocycles. The minimum Gasteiger partial charge on any atom is -0.320 e. The summed E-state index contributed by atoms with van der Waals surface area (Å²) in [4.78, 5) is 12.7. The van der Waals surface area contributed by atoms with Crippen LogP contribution in [0.5, 0.6) is 0 Å². The zero-order chi connectivity index (χ0) is 22.2. The number of amides is 1. The highest BCUT2D eigenvalue weighted by atomic mass is 35.5. The fourth-order valence-electron chi connectivity index (χ4n) is 3.45. The summed E-state index contributed by atoms with van der Waals surface area (Å²) in [6.07, 6.45) is 1.29. The highest BCUT2D eigenvalue weighted by Crippen LogP contribution is 2.39. The highest BCUT2D eigenvalue weighted by Gasteiger charge is 2.39. The third-order valence-electron chi connectivity index (χ3n) is 5.03. The van der Waals surface area contributed by atoms with E-state index in [1.54, 1.807) is 49.4 Å². The molecule has 1 atom stereocenters. The first-order valence-electron chi connectivity index (χ1n) is 9.44. The predicted octanol–water partition coefficient (Wildman–Crippen LogP) is 4.93. The molecule has 0 spiro atoms. The normalized spacial score (nSPS) is 17.1. The number of carbonyl (C=O) groups is 1. The lowest BCUT2D eigenvalue weighted by Gasteiger charge is -2.23. The monoisotopic (exact) mass is 496 g/mol. The predicted molar refractivity (Wildman–Crippen MR) is 121 cm³/mol. The van der Waals surface area contributed by atoms with Gasteiger partial charge in [-0.1, -0.05) is 40.6 Å². The van der Waals surface area contributed by atoms with Crippen LogP contribution in [0.25, 0.3) is 0 Å². The number of benzene rings is 2. The van der Waals surface area contributed by atoms with Gasteiger partial charge in [-0.15, -0.1) is 10.2 Å². The third-order valence-corrected chi connectivity index (χ3v) is 8.77. The van der Waals surface area contributed by atoms with Crippen LogP contribution < -0.4 is 5.32 Å². The molecule has 1 saturated heterocycles. The Morgan fingerprint density at radius 3 is 2.65 bits per heavy atom. The lowest BCUT2D eigenvalue weighted by Crippen LogP contribution is -2.31. The maximum absolute atomic E-state index is 13.3. The first kappa shape index (κ1) is 22.2. The third kappa shape index (κ3) is 4.47. The summed E-state index contributed by atoms with van der Waals surface area (Å²) in [6.45, 7) is 2.05. The van der Waals surface area contributed by atoms with Gasteiger partial charge in [0.25, 0.3) is 5.91 Å². The van der Waals surface area contributed by atoms with E-state index in [4.69, 9.17) is 23.2 Å². The van der Waals surface area contributed by atoms with Crippen LogP contribution in [0.15, 0.2) is 47.4 Å². The van der Waals surface area contributed by atoms with Crippen LogP contribution in [-0.4, -0.2) is 35.4 Å². The Morgan fingerprint density at radius 2 is 1.90 bits per heavy atom. The number of sulfonamides is 1. The SMILES string of the molecule is Cc1c(Cl)cccc1S(=O)(=O)N1CCC[C@H]1c1nnc(C(=O)Nc2ccc(Cl)cc2)s1. The molecule has 1 amide bonds. The van der Waals surface area contributed by atoms with E-state index >= 15 is 0 Å². The average Bonchev–Trinajstić information content (AvgIpc) is 3.41. The molecule has 2 aromatic carbocycles. The Morgan fingerprint density at radius 1 is 1.16 bits per heavy atom. The molecular weight excluding hydrogens is 479 g/mol. The van der Waals surface area contributed by atoms with Crippen molar-refractivity contribution < 1.29 is 13.2 Å². The van der Waals surface area contributed by atoms with Gasteiger partial charge in [0.2, 0.25) is 15.0 Å². The van der Waals surface area contributed by atoms with Crippen LogP contribution in [0.3, 0.4) is 0 Å². The van der Waals surface area contributed by atoms with Gasteiger partial charge in [0.15, 0.2) is 0 Å². The smallest absolute Gasteiger partial charge is 0.286 e. The van der Waals surface area contributed by atoms with Crippen molar-refractivity contribution in [3.8, 4) is 0 Å². The topological polar surface area (TPSA) is 92.3 Å². The second-order valence-corrected chi connectivity index (χ2v) is 10.8. The molecule has 1 aromatic heterocycles. The molecule has 0 bridgehead atoms. The Hall–Kier alpha value is -2.04. The minimum absolute atomic E-state index is 0.160. The molecule has 7 nitrogen and oxygen atoms in total.